The van der Waals surface area contributed by atoms with Crippen LogP contribution in [0.2, 0.25) is 0 Å². The van der Waals surface area contributed by atoms with E-state index in [0.717, 1.165) is 12.0 Å². The molecule has 0 aromatic heterocycles. The van der Waals surface area contributed by atoms with Gasteiger partial charge in [-0.05, 0) is 23.8 Å². The Hall–Kier alpha value is -2.04. The van der Waals surface area contributed by atoms with Gasteiger partial charge in [0.05, 0.1) is 0 Å². The minimum Gasteiger partial charge on any atom is -0.480 e. The monoisotopic (exact) mass is 291 g/mol. The van der Waals surface area contributed by atoms with Gasteiger partial charge in [-0.15, -0.1) is 0 Å². The zero-order valence-electron chi connectivity index (χ0n) is 12.4. The fourth-order valence-electron chi connectivity index (χ4n) is 2.58. The summed E-state index contributed by atoms with van der Waals surface area (Å²) in [5, 5.41) is 9.26. The van der Waals surface area contributed by atoms with Crippen LogP contribution in [-0.2, 0) is 16.1 Å². The van der Waals surface area contributed by atoms with E-state index in [1.807, 2.05) is 44.2 Å². The molecule has 1 aliphatic rings. The highest BCUT2D eigenvalue weighted by atomic mass is 16.6. The molecule has 2 rings (SSSR count). The fraction of sp³-hybridized carbons (Fsp3) is 0.500. The van der Waals surface area contributed by atoms with E-state index in [4.69, 9.17) is 4.74 Å². The molecule has 1 amide bonds. The molecule has 0 spiro atoms. The summed E-state index contributed by atoms with van der Waals surface area (Å²) < 4.78 is 5.26. The van der Waals surface area contributed by atoms with Crippen LogP contribution in [0.1, 0.15) is 32.3 Å². The molecule has 0 saturated carbocycles. The van der Waals surface area contributed by atoms with Crippen LogP contribution < -0.4 is 0 Å². The van der Waals surface area contributed by atoms with Crippen LogP contribution in [0.15, 0.2) is 30.3 Å². The third-order valence-electron chi connectivity index (χ3n) is 3.79. The van der Waals surface area contributed by atoms with Gasteiger partial charge in [-0.2, -0.15) is 0 Å². The van der Waals surface area contributed by atoms with Crippen molar-refractivity contribution in [1.82, 2.24) is 4.90 Å². The molecule has 1 atom stereocenters. The van der Waals surface area contributed by atoms with E-state index in [9.17, 15) is 14.7 Å². The molecule has 1 aliphatic heterocycles. The first-order valence-corrected chi connectivity index (χ1v) is 7.09. The maximum Gasteiger partial charge on any atom is 0.410 e. The molecule has 1 heterocycles. The minimum atomic E-state index is -0.970. The number of hydrogen-bond acceptors (Lipinski definition) is 3. The molecule has 21 heavy (non-hydrogen) atoms. The molecule has 5 heteroatoms. The van der Waals surface area contributed by atoms with Crippen molar-refractivity contribution in [1.29, 1.82) is 0 Å². The second-order valence-corrected chi connectivity index (χ2v) is 6.23. The lowest BCUT2D eigenvalue weighted by Gasteiger charge is -2.41. The molecule has 1 unspecified atom stereocenters. The SMILES string of the molecule is CC1(C)CCC(C(=O)O)N(C(=O)OCc2ccccc2)C1. The molecule has 0 radical (unpaired) electrons. The number of benzene rings is 1. The van der Waals surface area contributed by atoms with Crippen molar-refractivity contribution >= 4 is 12.1 Å². The van der Waals surface area contributed by atoms with Crippen molar-refractivity contribution < 1.29 is 19.4 Å². The number of rotatable bonds is 3. The summed E-state index contributed by atoms with van der Waals surface area (Å²) in [7, 11) is 0. The van der Waals surface area contributed by atoms with Gasteiger partial charge in [0.25, 0.3) is 0 Å². The molecule has 1 aromatic carbocycles. The highest BCUT2D eigenvalue weighted by molar-refractivity contribution is 5.80. The van der Waals surface area contributed by atoms with E-state index in [-0.39, 0.29) is 12.0 Å². The van der Waals surface area contributed by atoms with E-state index in [2.05, 4.69) is 0 Å². The number of aliphatic carboxylic acids is 1. The smallest absolute Gasteiger partial charge is 0.410 e. The number of amides is 1. The predicted octanol–water partition coefficient (Wildman–Crippen LogP) is 2.90. The van der Waals surface area contributed by atoms with Crippen LogP contribution in [0, 0.1) is 5.41 Å². The number of carboxylic acid groups (broad SMARTS) is 1. The molecule has 5 nitrogen and oxygen atoms in total. The minimum absolute atomic E-state index is 0.0856. The number of nitrogens with zero attached hydrogens (tertiary/aromatic N) is 1. The summed E-state index contributed by atoms with van der Waals surface area (Å²) in [6.07, 6.45) is 0.689. The zero-order valence-corrected chi connectivity index (χ0v) is 12.4. The second kappa shape index (κ2) is 6.16. The Morgan fingerprint density at radius 1 is 1.33 bits per heavy atom. The largest absolute Gasteiger partial charge is 0.480 e. The first kappa shape index (κ1) is 15.4. The number of likely N-dealkylation sites (tertiary alicyclic amines) is 1. The number of carbonyl (C=O) groups excluding carboxylic acids is 1. The Balaban J connectivity index is 2.02. The zero-order chi connectivity index (χ0) is 15.5. The Labute approximate surface area is 124 Å². The Bertz CT molecular complexity index is 512. The lowest BCUT2D eigenvalue weighted by atomic mass is 9.81. The van der Waals surface area contributed by atoms with Crippen LogP contribution in [-0.4, -0.2) is 34.7 Å². The summed E-state index contributed by atoms with van der Waals surface area (Å²) in [5.41, 5.74) is 0.798. The summed E-state index contributed by atoms with van der Waals surface area (Å²) in [6.45, 7) is 4.62. The van der Waals surface area contributed by atoms with Crippen LogP contribution in [0.25, 0.3) is 0 Å². The molecule has 1 saturated heterocycles. The summed E-state index contributed by atoms with van der Waals surface area (Å²) in [4.78, 5) is 24.9. The van der Waals surface area contributed by atoms with Crippen LogP contribution >= 0.6 is 0 Å². The van der Waals surface area contributed by atoms with Crippen LogP contribution in [0.3, 0.4) is 0 Å². The lowest BCUT2D eigenvalue weighted by Crippen LogP contribution is -2.53. The molecular weight excluding hydrogens is 270 g/mol. The quantitative estimate of drug-likeness (QED) is 0.930. The van der Waals surface area contributed by atoms with E-state index >= 15 is 0 Å². The Morgan fingerprint density at radius 2 is 2.00 bits per heavy atom. The average Bonchev–Trinajstić information content (AvgIpc) is 2.44. The normalized spacial score (nSPS) is 20.9. The van der Waals surface area contributed by atoms with Gasteiger partial charge in [0.15, 0.2) is 0 Å². The Kier molecular flexibility index (Phi) is 4.50. The van der Waals surface area contributed by atoms with Crippen LogP contribution in [0.4, 0.5) is 4.79 Å². The van der Waals surface area contributed by atoms with E-state index in [1.54, 1.807) is 0 Å². The third kappa shape index (κ3) is 3.97. The number of piperidine rings is 1. The first-order chi connectivity index (χ1) is 9.89. The van der Waals surface area contributed by atoms with Gasteiger partial charge >= 0.3 is 12.1 Å². The highest BCUT2D eigenvalue weighted by Gasteiger charge is 2.40. The molecule has 1 fully saturated rings. The predicted molar refractivity (Wildman–Crippen MR) is 77.8 cm³/mol. The van der Waals surface area contributed by atoms with Crippen molar-refractivity contribution in [2.45, 2.75) is 39.3 Å². The maximum atomic E-state index is 12.2. The summed E-state index contributed by atoms with van der Waals surface area (Å²) >= 11 is 0. The van der Waals surface area contributed by atoms with Gasteiger partial charge in [-0.25, -0.2) is 9.59 Å². The average molecular weight is 291 g/mol. The van der Waals surface area contributed by atoms with Gasteiger partial charge in [0.2, 0.25) is 0 Å². The molecule has 0 bridgehead atoms. The van der Waals surface area contributed by atoms with Crippen molar-refractivity contribution in [3.8, 4) is 0 Å². The van der Waals surface area contributed by atoms with E-state index in [0.29, 0.717) is 13.0 Å². The molecule has 1 N–H and O–H groups in total. The van der Waals surface area contributed by atoms with Crippen molar-refractivity contribution in [3.63, 3.8) is 0 Å². The topological polar surface area (TPSA) is 66.8 Å². The first-order valence-electron chi connectivity index (χ1n) is 7.09. The van der Waals surface area contributed by atoms with Crippen molar-refractivity contribution in [3.05, 3.63) is 35.9 Å². The molecule has 1 aromatic rings. The Morgan fingerprint density at radius 3 is 2.62 bits per heavy atom. The van der Waals surface area contributed by atoms with E-state index < -0.39 is 18.1 Å². The number of hydrogen-bond donors (Lipinski definition) is 1. The summed E-state index contributed by atoms with van der Waals surface area (Å²) in [5.74, 6) is -0.970. The van der Waals surface area contributed by atoms with E-state index in [1.165, 1.54) is 4.90 Å². The molecule has 114 valence electrons. The standard InChI is InChI=1S/C16H21NO4/c1-16(2)9-8-13(14(18)19)17(11-16)15(20)21-10-12-6-4-3-5-7-12/h3-7,13H,8-11H2,1-2H3,(H,18,19). The van der Waals surface area contributed by atoms with Gasteiger partial charge in [0.1, 0.15) is 12.6 Å². The van der Waals surface area contributed by atoms with Crippen LogP contribution in [0.5, 0.6) is 0 Å². The summed E-state index contributed by atoms with van der Waals surface area (Å²) in [6, 6.07) is 8.56. The lowest BCUT2D eigenvalue weighted by molar-refractivity contribution is -0.145. The molecule has 0 aliphatic carbocycles. The maximum absolute atomic E-state index is 12.2. The van der Waals surface area contributed by atoms with Gasteiger partial charge in [-0.1, -0.05) is 44.2 Å². The van der Waals surface area contributed by atoms with Gasteiger partial charge in [0, 0.05) is 6.54 Å². The number of ether oxygens (including phenoxy) is 1. The van der Waals surface area contributed by atoms with Crippen molar-refractivity contribution in [2.24, 2.45) is 5.41 Å². The second-order valence-electron chi connectivity index (χ2n) is 6.23. The number of carboxylic acids is 1. The van der Waals surface area contributed by atoms with Gasteiger partial charge < -0.3 is 9.84 Å². The number of carbonyl (C=O) groups is 2. The molecular formula is C16H21NO4. The third-order valence-corrected chi connectivity index (χ3v) is 3.79. The highest BCUT2D eigenvalue weighted by Crippen LogP contribution is 2.32. The fourth-order valence-corrected chi connectivity index (χ4v) is 2.58. The van der Waals surface area contributed by atoms with Crippen molar-refractivity contribution in [2.75, 3.05) is 6.54 Å². The van der Waals surface area contributed by atoms with Gasteiger partial charge in [-0.3, -0.25) is 4.90 Å².